The molecule has 0 saturated heterocycles. The predicted molar refractivity (Wildman–Crippen MR) is 81.9 cm³/mol. The minimum Gasteiger partial charge on any atom is -0.490 e. The molecule has 0 aliphatic carbocycles. The van der Waals surface area contributed by atoms with Crippen LogP contribution >= 0.6 is 0 Å². The van der Waals surface area contributed by atoms with Gasteiger partial charge in [-0.1, -0.05) is 6.92 Å². The van der Waals surface area contributed by atoms with Crippen LogP contribution in [0.15, 0.2) is 30.6 Å². The first kappa shape index (κ1) is 13.8. The molecular weight excluding hydrogens is 266 g/mol. The van der Waals surface area contributed by atoms with Gasteiger partial charge in [-0.15, -0.1) is 0 Å². The lowest BCUT2D eigenvalue weighted by Gasteiger charge is -2.10. The van der Waals surface area contributed by atoms with Gasteiger partial charge in [0.05, 0.1) is 19.4 Å². The molecule has 1 aliphatic rings. The van der Waals surface area contributed by atoms with E-state index in [0.717, 1.165) is 49.7 Å². The first-order valence-electron chi connectivity index (χ1n) is 7.50. The average Bonchev–Trinajstić information content (AvgIpc) is 2.81. The van der Waals surface area contributed by atoms with Crippen molar-refractivity contribution in [3.8, 4) is 11.5 Å². The summed E-state index contributed by atoms with van der Waals surface area (Å²) in [6.07, 6.45) is 6.01. The molecule has 1 aromatic heterocycles. The zero-order chi connectivity index (χ0) is 14.5. The summed E-state index contributed by atoms with van der Waals surface area (Å²) in [5.74, 6) is 1.65. The molecule has 5 heteroatoms. The van der Waals surface area contributed by atoms with Gasteiger partial charge in [0.1, 0.15) is 0 Å². The Balaban J connectivity index is 1.63. The topological polar surface area (TPSA) is 48.3 Å². The van der Waals surface area contributed by atoms with E-state index in [0.29, 0.717) is 6.61 Å². The highest BCUT2D eigenvalue weighted by Crippen LogP contribution is 2.32. The first-order valence-corrected chi connectivity index (χ1v) is 7.50. The lowest BCUT2D eigenvalue weighted by Crippen LogP contribution is -2.00. The lowest BCUT2D eigenvalue weighted by molar-refractivity contribution is 0.297. The highest BCUT2D eigenvalue weighted by Gasteiger charge is 2.10. The normalized spacial score (nSPS) is 13.8. The fourth-order valence-electron chi connectivity index (χ4n) is 2.33. The van der Waals surface area contributed by atoms with Crippen molar-refractivity contribution >= 4 is 5.69 Å². The number of benzene rings is 1. The quantitative estimate of drug-likeness (QED) is 0.918. The van der Waals surface area contributed by atoms with Crippen molar-refractivity contribution < 1.29 is 9.47 Å². The Morgan fingerprint density at radius 3 is 2.95 bits per heavy atom. The molecular formula is C16H21N3O2. The van der Waals surface area contributed by atoms with E-state index in [4.69, 9.17) is 9.47 Å². The van der Waals surface area contributed by atoms with E-state index in [-0.39, 0.29) is 0 Å². The third-order valence-electron chi connectivity index (χ3n) is 3.38. The van der Waals surface area contributed by atoms with Gasteiger partial charge in [0, 0.05) is 43.0 Å². The molecule has 1 aliphatic heterocycles. The Hall–Kier alpha value is -2.17. The van der Waals surface area contributed by atoms with Crippen molar-refractivity contribution in [1.82, 2.24) is 9.78 Å². The second-order valence-corrected chi connectivity index (χ2v) is 5.18. The highest BCUT2D eigenvalue weighted by molar-refractivity contribution is 5.55. The molecule has 3 rings (SSSR count). The molecule has 5 nitrogen and oxygen atoms in total. The molecule has 112 valence electrons. The third kappa shape index (κ3) is 3.48. The minimum atomic E-state index is 0.709. The molecule has 1 N–H and O–H groups in total. The fraction of sp³-hybridized carbons (Fsp3) is 0.438. The van der Waals surface area contributed by atoms with E-state index in [9.17, 15) is 0 Å². The van der Waals surface area contributed by atoms with E-state index < -0.39 is 0 Å². The van der Waals surface area contributed by atoms with Crippen LogP contribution in [-0.2, 0) is 13.1 Å². The molecule has 0 fully saturated rings. The Morgan fingerprint density at radius 2 is 2.10 bits per heavy atom. The van der Waals surface area contributed by atoms with E-state index in [1.54, 1.807) is 0 Å². The summed E-state index contributed by atoms with van der Waals surface area (Å²) in [7, 11) is 0. The van der Waals surface area contributed by atoms with Crippen LogP contribution in [0, 0.1) is 0 Å². The standard InChI is InChI=1S/C16H21N3O2/c1-2-6-19-12-13(11-18-19)10-17-14-4-5-15-16(9-14)21-8-3-7-20-15/h4-5,9,11-12,17H,2-3,6-8,10H2,1H3. The number of anilines is 1. The fourth-order valence-corrected chi connectivity index (χ4v) is 2.33. The maximum atomic E-state index is 5.70. The smallest absolute Gasteiger partial charge is 0.163 e. The van der Waals surface area contributed by atoms with Gasteiger partial charge in [-0.25, -0.2) is 0 Å². The zero-order valence-electron chi connectivity index (χ0n) is 12.3. The molecule has 0 amide bonds. The molecule has 2 aromatic rings. The molecule has 2 heterocycles. The summed E-state index contributed by atoms with van der Waals surface area (Å²) < 4.78 is 13.3. The number of aromatic nitrogens is 2. The maximum absolute atomic E-state index is 5.70. The lowest BCUT2D eigenvalue weighted by atomic mass is 10.2. The van der Waals surface area contributed by atoms with Crippen LogP contribution in [0.3, 0.4) is 0 Å². The number of rotatable bonds is 5. The number of nitrogens with one attached hydrogen (secondary N) is 1. The van der Waals surface area contributed by atoms with Gasteiger partial charge in [0.2, 0.25) is 0 Å². The van der Waals surface area contributed by atoms with Crippen LogP contribution in [0.25, 0.3) is 0 Å². The van der Waals surface area contributed by atoms with Gasteiger partial charge >= 0.3 is 0 Å². The molecule has 21 heavy (non-hydrogen) atoms. The predicted octanol–water partition coefficient (Wildman–Crippen LogP) is 3.07. The molecule has 0 saturated carbocycles. The van der Waals surface area contributed by atoms with Crippen molar-refractivity contribution in [3.63, 3.8) is 0 Å². The van der Waals surface area contributed by atoms with Crippen molar-refractivity contribution in [1.29, 1.82) is 0 Å². The van der Waals surface area contributed by atoms with E-state index in [2.05, 4.69) is 23.5 Å². The van der Waals surface area contributed by atoms with Crippen LogP contribution in [-0.4, -0.2) is 23.0 Å². The molecule has 0 bridgehead atoms. The van der Waals surface area contributed by atoms with E-state index >= 15 is 0 Å². The number of ether oxygens (including phenoxy) is 2. The molecule has 0 radical (unpaired) electrons. The van der Waals surface area contributed by atoms with Gasteiger partial charge in [-0.05, 0) is 18.6 Å². The van der Waals surface area contributed by atoms with Crippen LogP contribution in [0.4, 0.5) is 5.69 Å². The summed E-state index contributed by atoms with van der Waals surface area (Å²) in [6.45, 7) is 5.29. The van der Waals surface area contributed by atoms with Gasteiger partial charge in [0.15, 0.2) is 11.5 Å². The maximum Gasteiger partial charge on any atom is 0.163 e. The SMILES string of the molecule is CCCn1cc(CNc2ccc3c(c2)OCCCO3)cn1. The van der Waals surface area contributed by atoms with Crippen LogP contribution in [0.2, 0.25) is 0 Å². The average molecular weight is 287 g/mol. The Labute approximate surface area is 124 Å². The van der Waals surface area contributed by atoms with Crippen LogP contribution in [0.5, 0.6) is 11.5 Å². The summed E-state index contributed by atoms with van der Waals surface area (Å²) in [5, 5.41) is 7.73. The molecule has 1 aromatic carbocycles. The second kappa shape index (κ2) is 6.52. The van der Waals surface area contributed by atoms with Crippen molar-refractivity contribution in [2.24, 2.45) is 0 Å². The van der Waals surface area contributed by atoms with Crippen molar-refractivity contribution in [2.45, 2.75) is 32.9 Å². The van der Waals surface area contributed by atoms with Gasteiger partial charge < -0.3 is 14.8 Å². The summed E-state index contributed by atoms with van der Waals surface area (Å²) in [4.78, 5) is 0. The van der Waals surface area contributed by atoms with Crippen LogP contribution < -0.4 is 14.8 Å². The highest BCUT2D eigenvalue weighted by atomic mass is 16.5. The molecule has 0 spiro atoms. The number of nitrogens with zero attached hydrogens (tertiary/aromatic N) is 2. The van der Waals surface area contributed by atoms with E-state index in [1.807, 2.05) is 29.1 Å². The minimum absolute atomic E-state index is 0.709. The summed E-state index contributed by atoms with van der Waals surface area (Å²) in [6, 6.07) is 5.98. The summed E-state index contributed by atoms with van der Waals surface area (Å²) >= 11 is 0. The Bertz CT molecular complexity index is 595. The monoisotopic (exact) mass is 287 g/mol. The number of aryl methyl sites for hydroxylation is 1. The number of hydrogen-bond acceptors (Lipinski definition) is 4. The van der Waals surface area contributed by atoms with Gasteiger partial charge in [0.25, 0.3) is 0 Å². The van der Waals surface area contributed by atoms with Crippen molar-refractivity contribution in [3.05, 3.63) is 36.2 Å². The number of hydrogen-bond donors (Lipinski definition) is 1. The summed E-state index contributed by atoms with van der Waals surface area (Å²) in [5.41, 5.74) is 2.21. The second-order valence-electron chi connectivity index (χ2n) is 5.18. The van der Waals surface area contributed by atoms with Gasteiger partial charge in [-0.2, -0.15) is 5.10 Å². The first-order chi connectivity index (χ1) is 10.3. The van der Waals surface area contributed by atoms with Crippen LogP contribution in [0.1, 0.15) is 25.3 Å². The third-order valence-corrected chi connectivity index (χ3v) is 3.38. The Morgan fingerprint density at radius 1 is 1.24 bits per heavy atom. The van der Waals surface area contributed by atoms with Crippen molar-refractivity contribution in [2.75, 3.05) is 18.5 Å². The Kier molecular flexibility index (Phi) is 4.28. The van der Waals surface area contributed by atoms with Gasteiger partial charge in [-0.3, -0.25) is 4.68 Å². The number of fused-ring (bicyclic) bond motifs is 1. The molecule has 0 unspecified atom stereocenters. The van der Waals surface area contributed by atoms with E-state index in [1.165, 1.54) is 5.56 Å². The zero-order valence-corrected chi connectivity index (χ0v) is 12.3. The largest absolute Gasteiger partial charge is 0.490 e. The molecule has 0 atom stereocenters.